The molecule has 0 aromatic heterocycles. The number of fused-ring (bicyclic) bond motifs is 1. The predicted molar refractivity (Wildman–Crippen MR) is 166 cm³/mol. The van der Waals surface area contributed by atoms with Crippen LogP contribution in [0.4, 0.5) is 10.5 Å². The standard InChI is InChI=1S/C34H34N2O6S/c1-35(34(39)42-23-25-11-7-4-8-12-25)19-20-36-29-18-17-28(41-22-24-9-5-3-6-10-24)21-30(29)43-32(31(37)33(36)38)26-13-15-27(40-2)16-14-26/h3-18,21,31-32,37H,19-20,22-23H2,1-2H3. The molecule has 222 valence electrons. The van der Waals surface area contributed by atoms with Gasteiger partial charge >= 0.3 is 6.09 Å². The van der Waals surface area contributed by atoms with Gasteiger partial charge in [-0.15, -0.1) is 11.8 Å². The van der Waals surface area contributed by atoms with E-state index in [1.54, 1.807) is 19.1 Å². The summed E-state index contributed by atoms with van der Waals surface area (Å²) in [6.07, 6.45) is -1.82. The number of hydrogen-bond acceptors (Lipinski definition) is 7. The summed E-state index contributed by atoms with van der Waals surface area (Å²) in [5, 5.41) is 10.8. The van der Waals surface area contributed by atoms with Crippen molar-refractivity contribution in [3.05, 3.63) is 120 Å². The van der Waals surface area contributed by atoms with Gasteiger partial charge in [0.15, 0.2) is 0 Å². The fourth-order valence-electron chi connectivity index (χ4n) is 4.70. The van der Waals surface area contributed by atoms with E-state index in [-0.39, 0.29) is 19.7 Å². The average molecular weight is 599 g/mol. The first kappa shape index (κ1) is 30.0. The highest BCUT2D eigenvalue weighted by Crippen LogP contribution is 2.47. The summed E-state index contributed by atoms with van der Waals surface area (Å²) >= 11 is 1.40. The number of carbonyl (C=O) groups excluding carboxylic acids is 2. The number of aliphatic hydroxyl groups is 1. The number of carbonyl (C=O) groups is 2. The van der Waals surface area contributed by atoms with Crippen LogP contribution < -0.4 is 14.4 Å². The molecule has 4 aromatic carbocycles. The first-order valence-corrected chi connectivity index (χ1v) is 14.8. The molecule has 0 fully saturated rings. The Bertz CT molecular complexity index is 1520. The number of methoxy groups -OCH3 is 1. The smallest absolute Gasteiger partial charge is 0.409 e. The molecule has 2 unspecified atom stereocenters. The van der Waals surface area contributed by atoms with Crippen molar-refractivity contribution in [1.82, 2.24) is 4.90 Å². The molecule has 1 N–H and O–H groups in total. The van der Waals surface area contributed by atoms with Gasteiger partial charge in [-0.1, -0.05) is 72.8 Å². The number of ether oxygens (including phenoxy) is 3. The van der Waals surface area contributed by atoms with Crippen LogP contribution in [0.1, 0.15) is 21.9 Å². The lowest BCUT2D eigenvalue weighted by Gasteiger charge is -2.27. The van der Waals surface area contributed by atoms with Crippen LogP contribution in [0.3, 0.4) is 0 Å². The molecule has 1 aliphatic rings. The minimum Gasteiger partial charge on any atom is -0.497 e. The molecular weight excluding hydrogens is 564 g/mol. The van der Waals surface area contributed by atoms with Gasteiger partial charge in [0, 0.05) is 25.0 Å². The van der Waals surface area contributed by atoms with Crippen molar-refractivity contribution in [2.75, 3.05) is 32.1 Å². The maximum atomic E-state index is 13.8. The molecule has 0 radical (unpaired) electrons. The Morgan fingerprint density at radius 1 is 0.884 bits per heavy atom. The van der Waals surface area contributed by atoms with E-state index in [1.807, 2.05) is 103 Å². The average Bonchev–Trinajstić information content (AvgIpc) is 3.15. The molecule has 2 amide bonds. The van der Waals surface area contributed by atoms with Gasteiger partial charge in [-0.05, 0) is 47.0 Å². The summed E-state index contributed by atoms with van der Waals surface area (Å²) in [6.45, 7) is 0.920. The highest BCUT2D eigenvalue weighted by atomic mass is 32.2. The lowest BCUT2D eigenvalue weighted by molar-refractivity contribution is -0.126. The molecule has 0 saturated carbocycles. The fraction of sp³-hybridized carbons (Fsp3) is 0.235. The quantitative estimate of drug-likeness (QED) is 0.237. The third-order valence-electron chi connectivity index (χ3n) is 7.15. The fourth-order valence-corrected chi connectivity index (χ4v) is 5.99. The maximum Gasteiger partial charge on any atom is 0.409 e. The van der Waals surface area contributed by atoms with Gasteiger partial charge in [0.2, 0.25) is 0 Å². The van der Waals surface area contributed by atoms with E-state index in [0.29, 0.717) is 23.8 Å². The topological polar surface area (TPSA) is 88.5 Å². The number of aliphatic hydroxyl groups excluding tert-OH is 1. The van der Waals surface area contributed by atoms with Crippen molar-refractivity contribution in [1.29, 1.82) is 0 Å². The van der Waals surface area contributed by atoms with Crippen LogP contribution in [0.15, 0.2) is 108 Å². The molecule has 9 heteroatoms. The summed E-state index contributed by atoms with van der Waals surface area (Å²) < 4.78 is 16.8. The number of nitrogens with zero attached hydrogens (tertiary/aromatic N) is 2. The van der Waals surface area contributed by atoms with Gasteiger partial charge in [0.25, 0.3) is 5.91 Å². The molecule has 43 heavy (non-hydrogen) atoms. The maximum absolute atomic E-state index is 13.8. The van der Waals surface area contributed by atoms with Crippen LogP contribution in [-0.2, 0) is 22.7 Å². The van der Waals surface area contributed by atoms with Crippen LogP contribution in [0.2, 0.25) is 0 Å². The summed E-state index contributed by atoms with van der Waals surface area (Å²) in [7, 11) is 3.22. The first-order valence-electron chi connectivity index (χ1n) is 14.0. The van der Waals surface area contributed by atoms with Crippen molar-refractivity contribution in [3.63, 3.8) is 0 Å². The predicted octanol–water partition coefficient (Wildman–Crippen LogP) is 6.08. The summed E-state index contributed by atoms with van der Waals surface area (Å²) in [6, 6.07) is 32.2. The number of hydrogen-bond donors (Lipinski definition) is 1. The van der Waals surface area contributed by atoms with E-state index < -0.39 is 23.4 Å². The zero-order valence-electron chi connectivity index (χ0n) is 24.1. The second kappa shape index (κ2) is 14.1. The Morgan fingerprint density at radius 3 is 2.16 bits per heavy atom. The van der Waals surface area contributed by atoms with Gasteiger partial charge in [-0.3, -0.25) is 4.79 Å². The Kier molecular flexibility index (Phi) is 9.86. The SMILES string of the molecule is COc1ccc(C2Sc3cc(OCc4ccccc4)ccc3N(CCN(C)C(=O)OCc3ccccc3)C(=O)C2O)cc1. The monoisotopic (exact) mass is 598 g/mol. The number of anilines is 1. The number of likely N-dealkylation sites (N-methyl/N-ethyl adjacent to an activating group) is 1. The molecular formula is C34H34N2O6S. The summed E-state index contributed by atoms with van der Waals surface area (Å²) in [4.78, 5) is 30.2. The van der Waals surface area contributed by atoms with Gasteiger partial charge in [0.05, 0.1) is 18.0 Å². The van der Waals surface area contributed by atoms with E-state index in [2.05, 4.69) is 0 Å². The second-order valence-electron chi connectivity index (χ2n) is 10.1. The highest BCUT2D eigenvalue weighted by molar-refractivity contribution is 7.99. The molecule has 0 spiro atoms. The second-order valence-corrected chi connectivity index (χ2v) is 11.3. The number of rotatable bonds is 10. The zero-order valence-corrected chi connectivity index (χ0v) is 24.9. The highest BCUT2D eigenvalue weighted by Gasteiger charge is 2.37. The van der Waals surface area contributed by atoms with Gasteiger partial charge in [-0.2, -0.15) is 0 Å². The molecule has 2 atom stereocenters. The Labute approximate surface area is 255 Å². The van der Waals surface area contributed by atoms with Gasteiger partial charge in [0.1, 0.15) is 30.8 Å². The minimum absolute atomic E-state index is 0.153. The van der Waals surface area contributed by atoms with Crippen molar-refractivity contribution >= 4 is 29.4 Å². The third-order valence-corrected chi connectivity index (χ3v) is 8.52. The minimum atomic E-state index is -1.32. The number of thioether (sulfide) groups is 1. The van der Waals surface area contributed by atoms with Gasteiger partial charge < -0.3 is 29.1 Å². The Balaban J connectivity index is 1.36. The van der Waals surface area contributed by atoms with E-state index >= 15 is 0 Å². The zero-order chi connectivity index (χ0) is 30.2. The summed E-state index contributed by atoms with van der Waals surface area (Å²) in [5.74, 6) is 0.883. The van der Waals surface area contributed by atoms with Crippen LogP contribution in [0.5, 0.6) is 11.5 Å². The van der Waals surface area contributed by atoms with Crippen molar-refractivity contribution < 1.29 is 28.9 Å². The number of benzene rings is 4. The molecule has 0 saturated heterocycles. The molecule has 8 nitrogen and oxygen atoms in total. The lowest BCUT2D eigenvalue weighted by Crippen LogP contribution is -2.44. The molecule has 0 aliphatic carbocycles. The third kappa shape index (κ3) is 7.49. The Hall–Kier alpha value is -4.47. The number of amides is 2. The van der Waals surface area contributed by atoms with E-state index in [9.17, 15) is 14.7 Å². The molecule has 1 heterocycles. The lowest BCUT2D eigenvalue weighted by atomic mass is 10.1. The van der Waals surface area contributed by atoms with Crippen molar-refractivity contribution in [3.8, 4) is 11.5 Å². The van der Waals surface area contributed by atoms with Gasteiger partial charge in [-0.25, -0.2) is 4.79 Å². The van der Waals surface area contributed by atoms with Crippen LogP contribution in [0, 0.1) is 0 Å². The molecule has 1 aliphatic heterocycles. The van der Waals surface area contributed by atoms with Crippen molar-refractivity contribution in [2.45, 2.75) is 29.5 Å². The van der Waals surface area contributed by atoms with Crippen LogP contribution >= 0.6 is 11.8 Å². The molecule has 5 rings (SSSR count). The largest absolute Gasteiger partial charge is 0.497 e. The molecule has 4 aromatic rings. The Morgan fingerprint density at radius 2 is 1.51 bits per heavy atom. The van der Waals surface area contributed by atoms with E-state index in [4.69, 9.17) is 14.2 Å². The van der Waals surface area contributed by atoms with E-state index in [0.717, 1.165) is 21.6 Å². The molecule has 0 bridgehead atoms. The normalized spacial score (nSPS) is 16.2. The van der Waals surface area contributed by atoms with Crippen molar-refractivity contribution in [2.24, 2.45) is 0 Å². The van der Waals surface area contributed by atoms with Crippen LogP contribution in [0.25, 0.3) is 0 Å². The first-order chi connectivity index (χ1) is 20.9. The van der Waals surface area contributed by atoms with E-state index in [1.165, 1.54) is 16.7 Å². The van der Waals surface area contributed by atoms with Crippen LogP contribution in [-0.4, -0.2) is 55.4 Å². The summed E-state index contributed by atoms with van der Waals surface area (Å²) in [5.41, 5.74) is 3.35.